The summed E-state index contributed by atoms with van der Waals surface area (Å²) in [6.07, 6.45) is 2.19. The molecule has 0 aliphatic rings. The van der Waals surface area contributed by atoms with Gasteiger partial charge < -0.3 is 10.1 Å². The van der Waals surface area contributed by atoms with E-state index in [1.54, 1.807) is 0 Å². The van der Waals surface area contributed by atoms with E-state index in [-0.39, 0.29) is 12.1 Å². The first-order valence-electron chi connectivity index (χ1n) is 6.98. The molecule has 1 N–H and O–H groups in total. The van der Waals surface area contributed by atoms with Gasteiger partial charge in [-0.1, -0.05) is 18.5 Å². The smallest absolute Gasteiger partial charge is 0.0847 e. The summed E-state index contributed by atoms with van der Waals surface area (Å²) in [5.41, 5.74) is 1.96. The Morgan fingerprint density at radius 3 is 2.58 bits per heavy atom. The molecular formula is C14H26ClN3O. The summed E-state index contributed by atoms with van der Waals surface area (Å²) < 4.78 is 7.59. The number of hydrogen-bond donors (Lipinski definition) is 1. The minimum Gasteiger partial charge on any atom is -0.377 e. The highest BCUT2D eigenvalue weighted by atomic mass is 35.5. The van der Waals surface area contributed by atoms with Crippen LogP contribution in [-0.2, 0) is 18.2 Å². The van der Waals surface area contributed by atoms with Crippen LogP contribution in [0.5, 0.6) is 0 Å². The average molecular weight is 288 g/mol. The first-order chi connectivity index (χ1) is 8.95. The summed E-state index contributed by atoms with van der Waals surface area (Å²) in [7, 11) is 1.94. The van der Waals surface area contributed by atoms with Crippen LogP contribution in [0.4, 0.5) is 0 Å². The molecular weight excluding hydrogens is 262 g/mol. The van der Waals surface area contributed by atoms with Gasteiger partial charge in [-0.15, -0.1) is 0 Å². The SMILES string of the molecule is CCCNC(COC(C)C)Cc1c(Cl)c(C)nn1C. The van der Waals surface area contributed by atoms with Crippen LogP contribution in [0.3, 0.4) is 0 Å². The van der Waals surface area contributed by atoms with E-state index < -0.39 is 0 Å². The van der Waals surface area contributed by atoms with Crippen molar-refractivity contribution < 1.29 is 4.74 Å². The van der Waals surface area contributed by atoms with E-state index >= 15 is 0 Å². The van der Waals surface area contributed by atoms with Crippen LogP contribution in [0.1, 0.15) is 38.6 Å². The third-order valence-corrected chi connectivity index (χ3v) is 3.51. The van der Waals surface area contributed by atoms with Crippen molar-refractivity contribution in [2.75, 3.05) is 13.2 Å². The van der Waals surface area contributed by atoms with E-state index in [0.717, 1.165) is 35.8 Å². The number of hydrogen-bond acceptors (Lipinski definition) is 3. The van der Waals surface area contributed by atoms with Crippen molar-refractivity contribution in [1.82, 2.24) is 15.1 Å². The fourth-order valence-corrected chi connectivity index (χ4v) is 2.22. The molecule has 5 heteroatoms. The summed E-state index contributed by atoms with van der Waals surface area (Å²) in [4.78, 5) is 0. The number of nitrogens with one attached hydrogen (secondary N) is 1. The van der Waals surface area contributed by atoms with Gasteiger partial charge in [-0.25, -0.2) is 0 Å². The van der Waals surface area contributed by atoms with Gasteiger partial charge in [0.05, 0.1) is 29.1 Å². The summed E-state index contributed by atoms with van der Waals surface area (Å²) in [6, 6.07) is 0.273. The van der Waals surface area contributed by atoms with Gasteiger partial charge in [0, 0.05) is 19.5 Å². The highest BCUT2D eigenvalue weighted by Crippen LogP contribution is 2.20. The van der Waals surface area contributed by atoms with E-state index in [4.69, 9.17) is 16.3 Å². The molecule has 0 saturated heterocycles. The predicted molar refractivity (Wildman–Crippen MR) is 79.8 cm³/mol. The lowest BCUT2D eigenvalue weighted by atomic mass is 10.1. The van der Waals surface area contributed by atoms with Crippen LogP contribution in [0, 0.1) is 6.92 Å². The van der Waals surface area contributed by atoms with Crippen molar-refractivity contribution in [1.29, 1.82) is 0 Å². The van der Waals surface area contributed by atoms with Gasteiger partial charge in [0.15, 0.2) is 0 Å². The highest BCUT2D eigenvalue weighted by Gasteiger charge is 2.17. The average Bonchev–Trinajstić information content (AvgIpc) is 2.58. The molecule has 1 unspecified atom stereocenters. The predicted octanol–water partition coefficient (Wildman–Crippen LogP) is 2.72. The van der Waals surface area contributed by atoms with Gasteiger partial charge >= 0.3 is 0 Å². The molecule has 110 valence electrons. The van der Waals surface area contributed by atoms with Gasteiger partial charge in [-0.2, -0.15) is 5.10 Å². The number of ether oxygens (including phenoxy) is 1. The van der Waals surface area contributed by atoms with Crippen LogP contribution in [-0.4, -0.2) is 35.1 Å². The third kappa shape index (κ3) is 5.13. The monoisotopic (exact) mass is 287 g/mol. The fraction of sp³-hybridized carbons (Fsp3) is 0.786. The molecule has 1 aromatic heterocycles. The topological polar surface area (TPSA) is 39.1 Å². The second kappa shape index (κ2) is 7.88. The molecule has 4 nitrogen and oxygen atoms in total. The molecule has 0 saturated carbocycles. The van der Waals surface area contributed by atoms with E-state index in [1.807, 2.05) is 18.7 Å². The van der Waals surface area contributed by atoms with E-state index in [9.17, 15) is 0 Å². The van der Waals surface area contributed by atoms with Crippen molar-refractivity contribution in [3.63, 3.8) is 0 Å². The quantitative estimate of drug-likeness (QED) is 0.799. The molecule has 0 radical (unpaired) electrons. The number of nitrogens with zero attached hydrogens (tertiary/aromatic N) is 2. The van der Waals surface area contributed by atoms with Gasteiger partial charge in [-0.3, -0.25) is 4.68 Å². The van der Waals surface area contributed by atoms with Crippen LogP contribution >= 0.6 is 11.6 Å². The van der Waals surface area contributed by atoms with E-state index in [2.05, 4.69) is 31.2 Å². The Balaban J connectivity index is 2.69. The lowest BCUT2D eigenvalue weighted by Gasteiger charge is -2.20. The Kier molecular flexibility index (Phi) is 6.83. The molecule has 1 rings (SSSR count). The molecule has 0 amide bonds. The second-order valence-corrected chi connectivity index (χ2v) is 5.58. The Hall–Kier alpha value is -0.580. The zero-order chi connectivity index (χ0) is 14.4. The van der Waals surface area contributed by atoms with Crippen LogP contribution < -0.4 is 5.32 Å². The maximum Gasteiger partial charge on any atom is 0.0847 e. The largest absolute Gasteiger partial charge is 0.377 e. The Labute approximate surface area is 121 Å². The number of rotatable bonds is 8. The maximum atomic E-state index is 6.30. The molecule has 0 aliphatic heterocycles. The van der Waals surface area contributed by atoms with Crippen molar-refractivity contribution in [2.24, 2.45) is 7.05 Å². The minimum absolute atomic E-state index is 0.245. The number of aryl methyl sites for hydroxylation is 2. The fourth-order valence-electron chi connectivity index (χ4n) is 1.98. The molecule has 0 fully saturated rings. The molecule has 0 aliphatic carbocycles. The first-order valence-corrected chi connectivity index (χ1v) is 7.36. The molecule has 0 spiro atoms. The lowest BCUT2D eigenvalue weighted by Crippen LogP contribution is -2.37. The standard InChI is InChI=1S/C14H26ClN3O/c1-6-7-16-12(9-19-10(2)3)8-13-14(15)11(4)17-18(13)5/h10,12,16H,6-9H2,1-5H3. The summed E-state index contributed by atoms with van der Waals surface area (Å²) in [5, 5.41) is 8.64. The first kappa shape index (κ1) is 16.5. The Morgan fingerprint density at radius 1 is 1.42 bits per heavy atom. The van der Waals surface area contributed by atoms with Gasteiger partial charge in [0.2, 0.25) is 0 Å². The molecule has 1 atom stereocenters. The Bertz CT molecular complexity index is 390. The Morgan fingerprint density at radius 2 is 2.11 bits per heavy atom. The number of halogens is 1. The normalized spacial score (nSPS) is 13.2. The second-order valence-electron chi connectivity index (χ2n) is 5.21. The molecule has 0 aromatic carbocycles. The van der Waals surface area contributed by atoms with Crippen molar-refractivity contribution in [3.8, 4) is 0 Å². The van der Waals surface area contributed by atoms with Gasteiger partial charge in [0.1, 0.15) is 0 Å². The molecule has 1 aromatic rings. The van der Waals surface area contributed by atoms with Crippen LogP contribution in [0.25, 0.3) is 0 Å². The van der Waals surface area contributed by atoms with Gasteiger partial charge in [-0.05, 0) is 33.7 Å². The zero-order valence-corrected chi connectivity index (χ0v) is 13.4. The maximum absolute atomic E-state index is 6.30. The lowest BCUT2D eigenvalue weighted by molar-refractivity contribution is 0.0609. The highest BCUT2D eigenvalue weighted by molar-refractivity contribution is 6.31. The van der Waals surface area contributed by atoms with Crippen molar-refractivity contribution in [2.45, 2.75) is 52.7 Å². The van der Waals surface area contributed by atoms with E-state index in [1.165, 1.54) is 0 Å². The van der Waals surface area contributed by atoms with Crippen LogP contribution in [0.2, 0.25) is 5.02 Å². The summed E-state index contributed by atoms with van der Waals surface area (Å²) in [5.74, 6) is 0. The van der Waals surface area contributed by atoms with Crippen LogP contribution in [0.15, 0.2) is 0 Å². The van der Waals surface area contributed by atoms with E-state index in [0.29, 0.717) is 6.61 Å². The summed E-state index contributed by atoms with van der Waals surface area (Å²) in [6.45, 7) is 9.88. The minimum atomic E-state index is 0.245. The molecule has 0 bridgehead atoms. The zero-order valence-electron chi connectivity index (χ0n) is 12.7. The van der Waals surface area contributed by atoms with Gasteiger partial charge in [0.25, 0.3) is 0 Å². The third-order valence-electron chi connectivity index (χ3n) is 3.02. The van der Waals surface area contributed by atoms with Crippen molar-refractivity contribution >= 4 is 11.6 Å². The number of aromatic nitrogens is 2. The van der Waals surface area contributed by atoms with Crippen molar-refractivity contribution in [3.05, 3.63) is 16.4 Å². The molecule has 19 heavy (non-hydrogen) atoms. The molecule has 1 heterocycles. The summed E-state index contributed by atoms with van der Waals surface area (Å²) >= 11 is 6.30.